The van der Waals surface area contributed by atoms with Gasteiger partial charge in [0.2, 0.25) is 0 Å². The molecule has 2 heteroatoms. The summed E-state index contributed by atoms with van der Waals surface area (Å²) in [6.45, 7) is 6.59. The number of rotatable bonds is 8. The lowest BCUT2D eigenvalue weighted by molar-refractivity contribution is 0.00319. The smallest absolute Gasteiger partial charge is 0.0675 e. The van der Waals surface area contributed by atoms with E-state index in [1.54, 1.807) is 0 Å². The van der Waals surface area contributed by atoms with Crippen LogP contribution in [0.1, 0.15) is 58.8 Å². The quantitative estimate of drug-likeness (QED) is 0.626. The molecule has 15 heavy (non-hydrogen) atoms. The highest BCUT2D eigenvalue weighted by Gasteiger charge is 2.17. The Labute approximate surface area is 94.8 Å². The zero-order valence-corrected chi connectivity index (χ0v) is 10.4. The van der Waals surface area contributed by atoms with Crippen LogP contribution >= 0.6 is 0 Å². The Morgan fingerprint density at radius 2 is 2.00 bits per heavy atom. The second kappa shape index (κ2) is 8.12. The Balaban J connectivity index is 1.91. The van der Waals surface area contributed by atoms with Gasteiger partial charge in [0.05, 0.1) is 12.2 Å². The van der Waals surface area contributed by atoms with Crippen molar-refractivity contribution in [1.82, 2.24) is 5.32 Å². The van der Waals surface area contributed by atoms with Gasteiger partial charge in [-0.1, -0.05) is 32.6 Å². The number of hydrogen-bond donors (Lipinski definition) is 1. The lowest BCUT2D eigenvalue weighted by atomic mass is 10.2. The SMILES string of the molecule is CCCCCNCC(C)OC1CCCC1. The Morgan fingerprint density at radius 1 is 1.27 bits per heavy atom. The molecule has 1 saturated carbocycles. The molecule has 1 rings (SSSR count). The van der Waals surface area contributed by atoms with E-state index < -0.39 is 0 Å². The molecule has 0 aromatic carbocycles. The van der Waals surface area contributed by atoms with E-state index in [2.05, 4.69) is 19.2 Å². The predicted octanol–water partition coefficient (Wildman–Crippen LogP) is 3.11. The van der Waals surface area contributed by atoms with E-state index in [4.69, 9.17) is 4.74 Å². The molecule has 90 valence electrons. The van der Waals surface area contributed by atoms with Crippen molar-refractivity contribution in [2.75, 3.05) is 13.1 Å². The summed E-state index contributed by atoms with van der Waals surface area (Å²) in [5, 5.41) is 3.47. The number of nitrogens with one attached hydrogen (secondary N) is 1. The molecule has 1 unspecified atom stereocenters. The summed E-state index contributed by atoms with van der Waals surface area (Å²) in [6, 6.07) is 0. The molecule has 0 spiro atoms. The van der Waals surface area contributed by atoms with Crippen molar-refractivity contribution in [1.29, 1.82) is 0 Å². The topological polar surface area (TPSA) is 21.3 Å². The maximum absolute atomic E-state index is 5.96. The third kappa shape index (κ3) is 6.16. The molecule has 0 saturated heterocycles. The van der Waals surface area contributed by atoms with Crippen molar-refractivity contribution in [3.8, 4) is 0 Å². The molecule has 0 radical (unpaired) electrons. The lowest BCUT2D eigenvalue weighted by Crippen LogP contribution is -2.30. The van der Waals surface area contributed by atoms with Gasteiger partial charge in [-0.05, 0) is 32.7 Å². The summed E-state index contributed by atoms with van der Waals surface area (Å²) < 4.78 is 5.96. The molecule has 1 aliphatic carbocycles. The van der Waals surface area contributed by atoms with Crippen molar-refractivity contribution >= 4 is 0 Å². The summed E-state index contributed by atoms with van der Waals surface area (Å²) in [7, 11) is 0. The maximum atomic E-state index is 5.96. The molecule has 0 amide bonds. The van der Waals surface area contributed by atoms with Gasteiger partial charge in [0, 0.05) is 6.54 Å². The second-order valence-corrected chi connectivity index (χ2v) is 4.76. The highest BCUT2D eigenvalue weighted by Crippen LogP contribution is 2.21. The highest BCUT2D eigenvalue weighted by atomic mass is 16.5. The predicted molar refractivity (Wildman–Crippen MR) is 65.2 cm³/mol. The zero-order chi connectivity index (χ0) is 10.9. The molecule has 0 aromatic heterocycles. The first kappa shape index (κ1) is 13.0. The highest BCUT2D eigenvalue weighted by molar-refractivity contribution is 4.69. The van der Waals surface area contributed by atoms with Gasteiger partial charge in [-0.25, -0.2) is 0 Å². The van der Waals surface area contributed by atoms with Gasteiger partial charge in [-0.2, -0.15) is 0 Å². The Hall–Kier alpha value is -0.0800. The summed E-state index contributed by atoms with van der Waals surface area (Å²) in [6.07, 6.45) is 10.2. The summed E-state index contributed by atoms with van der Waals surface area (Å²) >= 11 is 0. The molecule has 1 fully saturated rings. The van der Waals surface area contributed by atoms with Gasteiger partial charge in [0.15, 0.2) is 0 Å². The fraction of sp³-hybridized carbons (Fsp3) is 1.00. The first-order valence-electron chi connectivity index (χ1n) is 6.69. The molecule has 0 aliphatic heterocycles. The fourth-order valence-electron chi connectivity index (χ4n) is 2.21. The lowest BCUT2D eigenvalue weighted by Gasteiger charge is -2.18. The molecule has 0 heterocycles. The van der Waals surface area contributed by atoms with Crippen molar-refractivity contribution in [3.63, 3.8) is 0 Å². The zero-order valence-electron chi connectivity index (χ0n) is 10.4. The van der Waals surface area contributed by atoms with E-state index in [9.17, 15) is 0 Å². The monoisotopic (exact) mass is 213 g/mol. The molecule has 2 nitrogen and oxygen atoms in total. The van der Waals surface area contributed by atoms with Crippen LogP contribution in [0.5, 0.6) is 0 Å². The van der Waals surface area contributed by atoms with E-state index in [1.807, 2.05) is 0 Å². The average molecular weight is 213 g/mol. The summed E-state index contributed by atoms with van der Waals surface area (Å²) in [5.41, 5.74) is 0. The molecule has 0 bridgehead atoms. The molecule has 1 N–H and O–H groups in total. The molecular weight excluding hydrogens is 186 g/mol. The Bertz CT molecular complexity index is 143. The van der Waals surface area contributed by atoms with E-state index in [1.165, 1.54) is 44.9 Å². The average Bonchev–Trinajstić information content (AvgIpc) is 2.70. The number of unbranched alkanes of at least 4 members (excludes halogenated alkanes) is 2. The molecule has 1 aliphatic rings. The Morgan fingerprint density at radius 3 is 2.67 bits per heavy atom. The van der Waals surface area contributed by atoms with Crippen LogP contribution in [0, 0.1) is 0 Å². The van der Waals surface area contributed by atoms with Crippen LogP contribution in [-0.2, 0) is 4.74 Å². The summed E-state index contributed by atoms with van der Waals surface area (Å²) in [4.78, 5) is 0. The largest absolute Gasteiger partial charge is 0.374 e. The first-order chi connectivity index (χ1) is 7.33. The van der Waals surface area contributed by atoms with E-state index in [0.29, 0.717) is 12.2 Å². The second-order valence-electron chi connectivity index (χ2n) is 4.76. The van der Waals surface area contributed by atoms with Crippen LogP contribution < -0.4 is 5.32 Å². The van der Waals surface area contributed by atoms with Crippen LogP contribution in [0.15, 0.2) is 0 Å². The van der Waals surface area contributed by atoms with Crippen LogP contribution in [0.4, 0.5) is 0 Å². The third-order valence-corrected chi connectivity index (χ3v) is 3.12. The molecular formula is C13H27NO. The molecule has 1 atom stereocenters. The van der Waals surface area contributed by atoms with Crippen LogP contribution in [0.25, 0.3) is 0 Å². The van der Waals surface area contributed by atoms with Gasteiger partial charge in [-0.3, -0.25) is 0 Å². The van der Waals surface area contributed by atoms with Gasteiger partial charge in [-0.15, -0.1) is 0 Å². The van der Waals surface area contributed by atoms with E-state index >= 15 is 0 Å². The Kier molecular flexibility index (Phi) is 7.03. The maximum Gasteiger partial charge on any atom is 0.0675 e. The van der Waals surface area contributed by atoms with Crippen molar-refractivity contribution in [2.24, 2.45) is 0 Å². The van der Waals surface area contributed by atoms with Crippen LogP contribution in [0.2, 0.25) is 0 Å². The normalized spacial score (nSPS) is 19.6. The van der Waals surface area contributed by atoms with Gasteiger partial charge in [0.1, 0.15) is 0 Å². The van der Waals surface area contributed by atoms with Crippen LogP contribution in [-0.4, -0.2) is 25.3 Å². The summed E-state index contributed by atoms with van der Waals surface area (Å²) in [5.74, 6) is 0. The minimum atomic E-state index is 0.384. The van der Waals surface area contributed by atoms with Crippen molar-refractivity contribution in [2.45, 2.75) is 71.0 Å². The van der Waals surface area contributed by atoms with E-state index in [-0.39, 0.29) is 0 Å². The van der Waals surface area contributed by atoms with Gasteiger partial charge < -0.3 is 10.1 Å². The van der Waals surface area contributed by atoms with Gasteiger partial charge >= 0.3 is 0 Å². The van der Waals surface area contributed by atoms with Gasteiger partial charge in [0.25, 0.3) is 0 Å². The first-order valence-corrected chi connectivity index (χ1v) is 6.69. The standard InChI is InChI=1S/C13H27NO/c1-3-4-7-10-14-11-12(2)15-13-8-5-6-9-13/h12-14H,3-11H2,1-2H3. The van der Waals surface area contributed by atoms with Crippen LogP contribution in [0.3, 0.4) is 0 Å². The third-order valence-electron chi connectivity index (χ3n) is 3.12. The van der Waals surface area contributed by atoms with Crippen molar-refractivity contribution < 1.29 is 4.74 Å². The number of ether oxygens (including phenoxy) is 1. The fourth-order valence-corrected chi connectivity index (χ4v) is 2.21. The minimum absolute atomic E-state index is 0.384. The minimum Gasteiger partial charge on any atom is -0.374 e. The van der Waals surface area contributed by atoms with Crippen molar-refractivity contribution in [3.05, 3.63) is 0 Å². The number of hydrogen-bond acceptors (Lipinski definition) is 2. The molecule has 0 aromatic rings. The van der Waals surface area contributed by atoms with E-state index in [0.717, 1.165) is 13.1 Å².